The zero-order chi connectivity index (χ0) is 21.1. The summed E-state index contributed by atoms with van der Waals surface area (Å²) in [6.07, 6.45) is -0.0948. The van der Waals surface area contributed by atoms with Crippen LogP contribution in [0.25, 0.3) is 0 Å². The van der Waals surface area contributed by atoms with Gasteiger partial charge in [0.1, 0.15) is 6.17 Å². The van der Waals surface area contributed by atoms with E-state index in [1.165, 1.54) is 12.2 Å². The average molecular weight is 429 g/mol. The molecule has 1 heterocycles. The number of carbonyl (C=O) groups excluding carboxylic acids is 1. The molecule has 3 saturated carbocycles. The van der Waals surface area contributed by atoms with Crippen LogP contribution in [0.5, 0.6) is 0 Å². The topological polar surface area (TPSA) is 55.8 Å². The minimum absolute atomic E-state index is 0.0279. The first-order valence-electron chi connectivity index (χ1n) is 10.4. The van der Waals surface area contributed by atoms with Gasteiger partial charge in [-0.15, -0.1) is 0 Å². The zero-order valence-corrected chi connectivity index (χ0v) is 17.8. The van der Waals surface area contributed by atoms with Crippen LogP contribution in [0.3, 0.4) is 0 Å². The van der Waals surface area contributed by atoms with Gasteiger partial charge in [-0.1, -0.05) is 24.6 Å². The van der Waals surface area contributed by atoms with Gasteiger partial charge in [0.15, 0.2) is 17.2 Å². The highest BCUT2D eigenvalue weighted by Gasteiger charge is 2.75. The Bertz CT molecular complexity index is 856. The van der Waals surface area contributed by atoms with E-state index >= 15 is 8.78 Å². The molecular weight excluding hydrogens is 402 g/mol. The second-order valence-electron chi connectivity index (χ2n) is 10.4. The van der Waals surface area contributed by atoms with Gasteiger partial charge in [-0.25, -0.2) is 8.78 Å². The van der Waals surface area contributed by atoms with Crippen LogP contribution >= 0.6 is 11.6 Å². The highest BCUT2D eigenvalue weighted by Crippen LogP contribution is 2.70. The van der Waals surface area contributed by atoms with Gasteiger partial charge >= 0.3 is 0 Å². The van der Waals surface area contributed by atoms with Crippen molar-refractivity contribution in [3.63, 3.8) is 0 Å². The fourth-order valence-corrected chi connectivity index (χ4v) is 7.64. The average Bonchev–Trinajstić information content (AvgIpc) is 3.05. The largest absolute Gasteiger partial charge is 0.390 e. The van der Waals surface area contributed by atoms with Gasteiger partial charge in [-0.2, -0.15) is 0 Å². The molecule has 9 atom stereocenters. The predicted octanol–water partition coefficient (Wildman–Crippen LogP) is 4.00. The van der Waals surface area contributed by atoms with Crippen LogP contribution in [0.1, 0.15) is 47.0 Å². The van der Waals surface area contributed by atoms with Crippen LogP contribution in [-0.2, 0) is 14.3 Å². The normalized spacial score (nSPS) is 55.4. The maximum Gasteiger partial charge on any atom is 0.196 e. The minimum Gasteiger partial charge on any atom is -0.390 e. The maximum atomic E-state index is 17.0. The van der Waals surface area contributed by atoms with Crippen LogP contribution in [0, 0.1) is 22.7 Å². The third-order valence-electron chi connectivity index (χ3n) is 8.46. The molecule has 0 aromatic rings. The minimum atomic E-state index is -2.12. The number of ketones is 1. The van der Waals surface area contributed by atoms with Crippen LogP contribution in [0.4, 0.5) is 8.78 Å². The van der Waals surface area contributed by atoms with Crippen molar-refractivity contribution in [2.75, 3.05) is 0 Å². The Morgan fingerprint density at radius 1 is 1.17 bits per heavy atom. The molecule has 0 spiro atoms. The van der Waals surface area contributed by atoms with Crippen molar-refractivity contribution >= 4 is 17.4 Å². The smallest absolute Gasteiger partial charge is 0.196 e. The molecule has 1 saturated heterocycles. The molecule has 7 heteroatoms. The molecule has 0 bridgehead atoms. The molecule has 5 rings (SSSR count). The van der Waals surface area contributed by atoms with Gasteiger partial charge in [0.25, 0.3) is 0 Å². The Balaban J connectivity index is 1.62. The summed E-state index contributed by atoms with van der Waals surface area (Å²) in [7, 11) is 0. The Kier molecular flexibility index (Phi) is 3.95. The molecule has 4 aliphatic carbocycles. The molecule has 0 amide bonds. The van der Waals surface area contributed by atoms with E-state index in [2.05, 4.69) is 0 Å². The SMILES string of the molecule is CC1(C)O[C@@H]2[C@@H](C[C@H]3[C@@H]4C[C@H](F)C5=C(Cl)C(=O)C=C[C@]5(C)[C@@]4(F)[C@@H](O)C[C@]23C)O1. The predicted molar refractivity (Wildman–Crippen MR) is 103 cm³/mol. The van der Waals surface area contributed by atoms with Crippen LogP contribution in [0.15, 0.2) is 22.8 Å². The fraction of sp³-hybridized carbons (Fsp3) is 0.773. The first kappa shape index (κ1) is 20.1. The zero-order valence-electron chi connectivity index (χ0n) is 17.0. The maximum absolute atomic E-state index is 17.0. The summed E-state index contributed by atoms with van der Waals surface area (Å²) in [6.45, 7) is 7.27. The lowest BCUT2D eigenvalue weighted by molar-refractivity contribution is -0.229. The Labute approximate surface area is 174 Å². The van der Waals surface area contributed by atoms with Crippen molar-refractivity contribution in [2.45, 2.75) is 82.9 Å². The number of allylic oxidation sites excluding steroid dienone is 4. The summed E-state index contributed by atoms with van der Waals surface area (Å²) in [5.41, 5.74) is -4.15. The van der Waals surface area contributed by atoms with Gasteiger partial charge in [-0.3, -0.25) is 4.79 Å². The number of aliphatic hydroxyl groups is 1. The fourth-order valence-electron chi connectivity index (χ4n) is 7.26. The first-order chi connectivity index (χ1) is 13.3. The number of halogens is 3. The van der Waals surface area contributed by atoms with E-state index in [9.17, 15) is 9.90 Å². The second kappa shape index (κ2) is 5.70. The number of hydrogen-bond acceptors (Lipinski definition) is 4. The van der Waals surface area contributed by atoms with Gasteiger partial charge in [0.2, 0.25) is 0 Å². The lowest BCUT2D eigenvalue weighted by atomic mass is 9.45. The molecule has 0 aromatic carbocycles. The molecule has 4 fully saturated rings. The lowest BCUT2D eigenvalue weighted by Gasteiger charge is -2.62. The summed E-state index contributed by atoms with van der Waals surface area (Å²) in [5, 5.41) is 10.9. The highest BCUT2D eigenvalue weighted by molar-refractivity contribution is 6.45. The van der Waals surface area contributed by atoms with Crippen molar-refractivity contribution < 1.29 is 28.2 Å². The number of fused-ring (bicyclic) bond motifs is 7. The second-order valence-corrected chi connectivity index (χ2v) is 10.7. The lowest BCUT2D eigenvalue weighted by Crippen LogP contribution is -2.68. The summed E-state index contributed by atoms with van der Waals surface area (Å²) in [5.74, 6) is -2.18. The molecule has 1 N–H and O–H groups in total. The monoisotopic (exact) mass is 428 g/mol. The first-order valence-corrected chi connectivity index (χ1v) is 10.7. The number of alkyl halides is 2. The third kappa shape index (κ3) is 2.27. The summed E-state index contributed by atoms with van der Waals surface area (Å²) < 4.78 is 44.6. The molecule has 29 heavy (non-hydrogen) atoms. The van der Waals surface area contributed by atoms with E-state index in [1.807, 2.05) is 20.8 Å². The number of aliphatic hydroxyl groups excluding tert-OH is 1. The Hall–Kier alpha value is -0.820. The third-order valence-corrected chi connectivity index (χ3v) is 8.85. The van der Waals surface area contributed by atoms with Crippen molar-refractivity contribution in [1.82, 2.24) is 0 Å². The van der Waals surface area contributed by atoms with Crippen molar-refractivity contribution in [2.24, 2.45) is 22.7 Å². The van der Waals surface area contributed by atoms with Crippen LogP contribution in [0.2, 0.25) is 0 Å². The standard InChI is InChI=1S/C22H27ClF2O4/c1-19(2)28-14-8-10-11-7-12(24)16-17(23)13(26)5-6-21(16,4)22(11,25)15(27)9-20(10,3)18(14)29-19/h5-6,10-12,14-15,18,27H,7-9H2,1-4H3/t10-,11-,12-,14+,15-,18+,20-,21-,22-/m0/s1. The van der Waals surface area contributed by atoms with E-state index in [-0.39, 0.29) is 41.6 Å². The molecule has 5 aliphatic rings. The molecule has 0 aromatic heterocycles. The number of carbonyl (C=O) groups is 1. The van der Waals surface area contributed by atoms with Crippen molar-refractivity contribution in [3.8, 4) is 0 Å². The van der Waals surface area contributed by atoms with E-state index < -0.39 is 46.3 Å². The van der Waals surface area contributed by atoms with E-state index in [4.69, 9.17) is 21.1 Å². The van der Waals surface area contributed by atoms with Crippen LogP contribution < -0.4 is 0 Å². The number of ether oxygens (including phenoxy) is 2. The summed E-state index contributed by atoms with van der Waals surface area (Å²) >= 11 is 6.16. The van der Waals surface area contributed by atoms with Gasteiger partial charge in [0, 0.05) is 16.7 Å². The van der Waals surface area contributed by atoms with E-state index in [1.54, 1.807) is 6.92 Å². The molecule has 1 aliphatic heterocycles. The van der Waals surface area contributed by atoms with Crippen molar-refractivity contribution in [1.29, 1.82) is 0 Å². The van der Waals surface area contributed by atoms with Crippen molar-refractivity contribution in [3.05, 3.63) is 22.8 Å². The van der Waals surface area contributed by atoms with Crippen LogP contribution in [-0.4, -0.2) is 46.8 Å². The van der Waals surface area contributed by atoms with Gasteiger partial charge in [0.05, 0.1) is 23.3 Å². The molecule has 160 valence electrons. The van der Waals surface area contributed by atoms with Gasteiger partial charge < -0.3 is 14.6 Å². The Morgan fingerprint density at radius 2 is 1.86 bits per heavy atom. The molecule has 4 nitrogen and oxygen atoms in total. The number of rotatable bonds is 0. The molecule has 0 unspecified atom stereocenters. The highest BCUT2D eigenvalue weighted by atomic mass is 35.5. The number of hydrogen-bond donors (Lipinski definition) is 1. The van der Waals surface area contributed by atoms with Gasteiger partial charge in [-0.05, 0) is 57.6 Å². The summed E-state index contributed by atoms with van der Waals surface area (Å²) in [6, 6.07) is 0. The summed E-state index contributed by atoms with van der Waals surface area (Å²) in [4.78, 5) is 12.0. The molecule has 0 radical (unpaired) electrons. The molecular formula is C22H27ClF2O4. The Morgan fingerprint density at radius 3 is 2.55 bits per heavy atom. The van der Waals surface area contributed by atoms with E-state index in [0.29, 0.717) is 6.42 Å². The quantitative estimate of drug-likeness (QED) is 0.633. The van der Waals surface area contributed by atoms with E-state index in [0.717, 1.165) is 0 Å².